The molecule has 138 valence electrons. The van der Waals surface area contributed by atoms with Gasteiger partial charge in [-0.25, -0.2) is 4.39 Å². The van der Waals surface area contributed by atoms with Crippen molar-refractivity contribution < 1.29 is 14.0 Å². The summed E-state index contributed by atoms with van der Waals surface area (Å²) in [6, 6.07) is 10.4. The lowest BCUT2D eigenvalue weighted by Crippen LogP contribution is -2.20. The summed E-state index contributed by atoms with van der Waals surface area (Å²) in [7, 11) is 0. The highest BCUT2D eigenvalue weighted by Gasteiger charge is 2.12. The molecule has 1 aromatic heterocycles. The van der Waals surface area contributed by atoms with Crippen LogP contribution in [0.5, 0.6) is 0 Å². The number of nitrogens with zero attached hydrogens (tertiary/aromatic N) is 4. The Hall–Kier alpha value is -3.33. The van der Waals surface area contributed by atoms with Gasteiger partial charge in [0, 0.05) is 18.2 Å². The molecule has 0 unspecified atom stereocenters. The number of halogens is 2. The largest absolute Gasteiger partial charge is 0.325 e. The summed E-state index contributed by atoms with van der Waals surface area (Å²) in [6.45, 7) is 1.19. The lowest BCUT2D eigenvalue weighted by atomic mass is 10.2. The molecule has 27 heavy (non-hydrogen) atoms. The second-order valence-electron chi connectivity index (χ2n) is 5.58. The van der Waals surface area contributed by atoms with Crippen LogP contribution in [0.3, 0.4) is 0 Å². The minimum atomic E-state index is -0.450. The van der Waals surface area contributed by atoms with E-state index in [1.807, 2.05) is 0 Å². The maximum atomic E-state index is 13.1. The third-order valence-corrected chi connectivity index (χ3v) is 3.70. The van der Waals surface area contributed by atoms with Gasteiger partial charge in [0.1, 0.15) is 12.4 Å². The van der Waals surface area contributed by atoms with Crippen molar-refractivity contribution >= 4 is 34.8 Å². The quantitative estimate of drug-likeness (QED) is 0.699. The molecule has 0 aliphatic heterocycles. The highest BCUT2D eigenvalue weighted by atomic mass is 35.5. The maximum absolute atomic E-state index is 13.1. The van der Waals surface area contributed by atoms with Crippen LogP contribution in [-0.2, 0) is 16.1 Å². The van der Waals surface area contributed by atoms with Gasteiger partial charge in [-0.1, -0.05) is 17.7 Å². The van der Waals surface area contributed by atoms with E-state index >= 15 is 0 Å². The standard InChI is InChI=1S/C17H14ClFN6O2/c1-10(26)20-15-6-5-11(7-14(15)18)17-22-24-25(23-17)9-16(27)21-13-4-2-3-12(19)8-13/h2-8H,9H2,1H3,(H,20,26)(H,21,27). The Kier molecular flexibility index (Phi) is 5.41. The van der Waals surface area contributed by atoms with Crippen molar-refractivity contribution in [1.82, 2.24) is 20.2 Å². The smallest absolute Gasteiger partial charge is 0.248 e. The summed E-state index contributed by atoms with van der Waals surface area (Å²) < 4.78 is 13.1. The molecular weight excluding hydrogens is 375 g/mol. The van der Waals surface area contributed by atoms with E-state index in [-0.39, 0.29) is 18.3 Å². The Balaban J connectivity index is 1.68. The van der Waals surface area contributed by atoms with E-state index in [4.69, 9.17) is 11.6 Å². The van der Waals surface area contributed by atoms with Gasteiger partial charge in [-0.3, -0.25) is 9.59 Å². The zero-order valence-electron chi connectivity index (χ0n) is 14.1. The van der Waals surface area contributed by atoms with Gasteiger partial charge >= 0.3 is 0 Å². The van der Waals surface area contributed by atoms with E-state index in [0.29, 0.717) is 22.0 Å². The molecule has 1 heterocycles. The number of amides is 2. The van der Waals surface area contributed by atoms with E-state index in [1.54, 1.807) is 24.3 Å². The molecule has 0 radical (unpaired) electrons. The van der Waals surface area contributed by atoms with Crippen molar-refractivity contribution in [1.29, 1.82) is 0 Å². The second-order valence-corrected chi connectivity index (χ2v) is 5.98. The average Bonchev–Trinajstić information content (AvgIpc) is 3.04. The molecule has 2 amide bonds. The molecule has 0 aliphatic carbocycles. The van der Waals surface area contributed by atoms with Crippen molar-refractivity contribution in [2.75, 3.05) is 10.6 Å². The number of carbonyl (C=O) groups is 2. The summed E-state index contributed by atoms with van der Waals surface area (Å²) in [5.74, 6) is -0.847. The molecule has 0 fully saturated rings. The Morgan fingerprint density at radius 1 is 1.19 bits per heavy atom. The van der Waals surface area contributed by atoms with E-state index in [1.165, 1.54) is 25.1 Å². The molecule has 0 atom stereocenters. The van der Waals surface area contributed by atoms with Crippen molar-refractivity contribution in [3.63, 3.8) is 0 Å². The topological polar surface area (TPSA) is 102 Å². The average molecular weight is 389 g/mol. The number of carbonyl (C=O) groups excluding carboxylic acids is 2. The highest BCUT2D eigenvalue weighted by Crippen LogP contribution is 2.26. The van der Waals surface area contributed by atoms with Gasteiger partial charge in [0.25, 0.3) is 0 Å². The molecule has 0 bridgehead atoms. The molecule has 0 saturated carbocycles. The fourth-order valence-corrected chi connectivity index (χ4v) is 2.49. The van der Waals surface area contributed by atoms with Crippen LogP contribution in [0.2, 0.25) is 5.02 Å². The van der Waals surface area contributed by atoms with Gasteiger partial charge in [-0.2, -0.15) is 4.80 Å². The van der Waals surface area contributed by atoms with Crippen molar-refractivity contribution in [2.45, 2.75) is 13.5 Å². The van der Waals surface area contributed by atoms with Crippen LogP contribution in [0.4, 0.5) is 15.8 Å². The number of aromatic nitrogens is 4. The summed E-state index contributed by atoms with van der Waals surface area (Å²) in [4.78, 5) is 24.2. The number of hydrogen-bond donors (Lipinski definition) is 2. The molecule has 2 N–H and O–H groups in total. The Labute approximate surface area is 158 Å². The number of benzene rings is 2. The summed E-state index contributed by atoms with van der Waals surface area (Å²) in [5, 5.41) is 17.3. The molecular formula is C17H14ClFN6O2. The number of tetrazole rings is 1. The fourth-order valence-electron chi connectivity index (χ4n) is 2.27. The third-order valence-electron chi connectivity index (χ3n) is 3.38. The number of rotatable bonds is 5. The van der Waals surface area contributed by atoms with Crippen LogP contribution in [0.1, 0.15) is 6.92 Å². The van der Waals surface area contributed by atoms with E-state index in [2.05, 4.69) is 26.0 Å². The SMILES string of the molecule is CC(=O)Nc1ccc(-c2nnn(CC(=O)Nc3cccc(F)c3)n2)cc1Cl. The van der Waals surface area contributed by atoms with Crippen LogP contribution < -0.4 is 10.6 Å². The summed E-state index contributed by atoms with van der Waals surface area (Å²) in [5.41, 5.74) is 1.38. The van der Waals surface area contributed by atoms with Crippen LogP contribution in [0.25, 0.3) is 11.4 Å². The first-order valence-corrected chi connectivity index (χ1v) is 8.19. The maximum Gasteiger partial charge on any atom is 0.248 e. The predicted octanol–water partition coefficient (Wildman–Crippen LogP) is 2.73. The van der Waals surface area contributed by atoms with Crippen LogP contribution in [0, 0.1) is 5.82 Å². The van der Waals surface area contributed by atoms with Crippen LogP contribution in [-0.4, -0.2) is 32.0 Å². The first-order chi connectivity index (χ1) is 12.9. The lowest BCUT2D eigenvalue weighted by Gasteiger charge is -2.05. The van der Waals surface area contributed by atoms with Gasteiger partial charge < -0.3 is 10.6 Å². The molecule has 0 saturated heterocycles. The molecule has 3 rings (SSSR count). The minimum Gasteiger partial charge on any atom is -0.325 e. The van der Waals surface area contributed by atoms with Crippen molar-refractivity contribution in [3.8, 4) is 11.4 Å². The first kappa shape index (κ1) is 18.5. The summed E-state index contributed by atoms with van der Waals surface area (Å²) >= 11 is 6.13. The van der Waals surface area contributed by atoms with Gasteiger partial charge in [0.2, 0.25) is 17.6 Å². The Bertz CT molecular complexity index is 1010. The zero-order valence-corrected chi connectivity index (χ0v) is 14.9. The zero-order chi connectivity index (χ0) is 19.4. The Morgan fingerprint density at radius 2 is 2.00 bits per heavy atom. The molecule has 0 spiro atoms. The summed E-state index contributed by atoms with van der Waals surface area (Å²) in [6.07, 6.45) is 0. The Morgan fingerprint density at radius 3 is 2.70 bits per heavy atom. The van der Waals surface area contributed by atoms with E-state index in [9.17, 15) is 14.0 Å². The number of nitrogens with one attached hydrogen (secondary N) is 2. The van der Waals surface area contributed by atoms with Gasteiger partial charge in [0.15, 0.2) is 0 Å². The molecule has 3 aromatic rings. The molecule has 8 nitrogen and oxygen atoms in total. The van der Waals surface area contributed by atoms with Crippen LogP contribution >= 0.6 is 11.6 Å². The minimum absolute atomic E-state index is 0.193. The van der Waals surface area contributed by atoms with Crippen molar-refractivity contribution in [3.05, 3.63) is 53.3 Å². The van der Waals surface area contributed by atoms with Crippen LogP contribution in [0.15, 0.2) is 42.5 Å². The number of hydrogen-bond acceptors (Lipinski definition) is 5. The molecule has 2 aromatic carbocycles. The van der Waals surface area contributed by atoms with E-state index < -0.39 is 11.7 Å². The molecule has 10 heteroatoms. The fraction of sp³-hybridized carbons (Fsp3) is 0.118. The van der Waals surface area contributed by atoms with Gasteiger partial charge in [-0.15, -0.1) is 10.2 Å². The van der Waals surface area contributed by atoms with Gasteiger partial charge in [0.05, 0.1) is 10.7 Å². The predicted molar refractivity (Wildman–Crippen MR) is 97.6 cm³/mol. The first-order valence-electron chi connectivity index (χ1n) is 7.81. The van der Waals surface area contributed by atoms with E-state index in [0.717, 1.165) is 4.80 Å². The monoisotopic (exact) mass is 388 g/mol. The molecule has 0 aliphatic rings. The normalized spacial score (nSPS) is 10.5. The second kappa shape index (κ2) is 7.92. The highest BCUT2D eigenvalue weighted by molar-refractivity contribution is 6.34. The number of anilines is 2. The van der Waals surface area contributed by atoms with Gasteiger partial charge in [-0.05, 0) is 41.6 Å². The third kappa shape index (κ3) is 4.85. The van der Waals surface area contributed by atoms with Crippen molar-refractivity contribution in [2.24, 2.45) is 0 Å². The lowest BCUT2D eigenvalue weighted by molar-refractivity contribution is -0.117.